The molecule has 1 atom stereocenters. The molecule has 0 unspecified atom stereocenters. The van der Waals surface area contributed by atoms with Crippen LogP contribution in [0.2, 0.25) is 0 Å². The molecule has 0 aromatic heterocycles. The second-order valence-electron chi connectivity index (χ2n) is 4.44. The number of rotatable bonds is 4. The summed E-state index contributed by atoms with van der Waals surface area (Å²) in [6.07, 6.45) is 3.13. The number of benzene rings is 1. The zero-order valence-electron chi connectivity index (χ0n) is 10.9. The van der Waals surface area contributed by atoms with Gasteiger partial charge >= 0.3 is 0 Å². The minimum atomic E-state index is -1.24. The van der Waals surface area contributed by atoms with Gasteiger partial charge in [0.15, 0.2) is 0 Å². The second kappa shape index (κ2) is 5.74. The third-order valence-electron chi connectivity index (χ3n) is 2.65. The summed E-state index contributed by atoms with van der Waals surface area (Å²) in [5.41, 5.74) is 0.799. The molecule has 0 spiro atoms. The van der Waals surface area contributed by atoms with E-state index in [1.165, 1.54) is 12.1 Å². The van der Waals surface area contributed by atoms with Gasteiger partial charge in [-0.15, -0.1) is 0 Å². The number of halogens is 1. The summed E-state index contributed by atoms with van der Waals surface area (Å²) in [5, 5.41) is 10.5. The number of nitrogens with zero attached hydrogens (tertiary/aromatic N) is 1. The average Bonchev–Trinajstić information content (AvgIpc) is 2.29. The molecule has 1 aromatic carbocycles. The van der Waals surface area contributed by atoms with Crippen molar-refractivity contribution in [1.29, 1.82) is 0 Å². The van der Waals surface area contributed by atoms with Crippen LogP contribution in [0.3, 0.4) is 0 Å². The van der Waals surface area contributed by atoms with Crippen LogP contribution in [0, 0.1) is 5.82 Å². The Bertz CT molecular complexity index is 480. The molecular weight excluding hydrogens is 229 g/mol. The molecular formula is C15H18FNO. The lowest BCUT2D eigenvalue weighted by molar-refractivity contribution is 0.101. The van der Waals surface area contributed by atoms with Gasteiger partial charge in [0.1, 0.15) is 11.4 Å². The number of aliphatic imine (C=N–C) groups is 1. The van der Waals surface area contributed by atoms with Crippen LogP contribution >= 0.6 is 0 Å². The predicted octanol–water partition coefficient (Wildman–Crippen LogP) is 3.58. The number of hydrogen-bond donors (Lipinski definition) is 1. The summed E-state index contributed by atoms with van der Waals surface area (Å²) < 4.78 is 12.9. The SMILES string of the molecule is C=C/C(=C\N=C(C)C)[C@@](C)(O)c1ccc(F)cc1. The fourth-order valence-corrected chi connectivity index (χ4v) is 1.52. The Balaban J connectivity index is 3.18. The van der Waals surface area contributed by atoms with Crippen LogP contribution in [0.5, 0.6) is 0 Å². The van der Waals surface area contributed by atoms with Crippen LogP contribution in [0.1, 0.15) is 26.3 Å². The maximum atomic E-state index is 12.9. The zero-order chi connectivity index (χ0) is 13.8. The van der Waals surface area contributed by atoms with Crippen molar-refractivity contribution in [1.82, 2.24) is 0 Å². The fraction of sp³-hybridized carbons (Fsp3) is 0.267. The number of hydrogen-bond acceptors (Lipinski definition) is 2. The van der Waals surface area contributed by atoms with E-state index in [4.69, 9.17) is 0 Å². The third kappa shape index (κ3) is 3.37. The molecule has 0 fully saturated rings. The molecule has 96 valence electrons. The summed E-state index contributed by atoms with van der Waals surface area (Å²) in [7, 11) is 0. The van der Waals surface area contributed by atoms with Gasteiger partial charge in [0, 0.05) is 17.5 Å². The Labute approximate surface area is 107 Å². The number of aliphatic hydroxyl groups is 1. The Morgan fingerprint density at radius 2 is 1.89 bits per heavy atom. The lowest BCUT2D eigenvalue weighted by Gasteiger charge is -2.25. The quantitative estimate of drug-likeness (QED) is 0.640. The van der Waals surface area contributed by atoms with Gasteiger partial charge in [-0.25, -0.2) is 4.39 Å². The summed E-state index contributed by atoms with van der Waals surface area (Å²) in [6, 6.07) is 5.74. The minimum absolute atomic E-state index is 0.332. The Morgan fingerprint density at radius 3 is 2.33 bits per heavy atom. The lowest BCUT2D eigenvalue weighted by Crippen LogP contribution is -2.23. The molecule has 1 N–H and O–H groups in total. The normalized spacial score (nSPS) is 14.8. The first-order chi connectivity index (χ1) is 8.37. The van der Waals surface area contributed by atoms with Crippen LogP contribution in [0.15, 0.2) is 53.7 Å². The van der Waals surface area contributed by atoms with E-state index >= 15 is 0 Å². The van der Waals surface area contributed by atoms with E-state index in [-0.39, 0.29) is 5.82 Å². The molecule has 0 bridgehead atoms. The molecule has 1 rings (SSSR count). The van der Waals surface area contributed by atoms with E-state index in [9.17, 15) is 9.50 Å². The molecule has 0 aliphatic rings. The summed E-state index contributed by atoms with van der Waals surface area (Å²) in [4.78, 5) is 4.15. The van der Waals surface area contributed by atoms with E-state index in [2.05, 4.69) is 11.6 Å². The Kier molecular flexibility index (Phi) is 4.56. The zero-order valence-corrected chi connectivity index (χ0v) is 10.9. The van der Waals surface area contributed by atoms with Crippen LogP contribution in [-0.2, 0) is 5.60 Å². The van der Waals surface area contributed by atoms with E-state index < -0.39 is 5.60 Å². The first-order valence-electron chi connectivity index (χ1n) is 5.70. The van der Waals surface area contributed by atoms with Crippen molar-refractivity contribution in [3.05, 3.63) is 60.1 Å². The minimum Gasteiger partial charge on any atom is -0.381 e. The molecule has 3 heteroatoms. The molecule has 18 heavy (non-hydrogen) atoms. The highest BCUT2D eigenvalue weighted by Gasteiger charge is 2.26. The lowest BCUT2D eigenvalue weighted by atomic mass is 9.88. The molecule has 0 amide bonds. The monoisotopic (exact) mass is 247 g/mol. The second-order valence-corrected chi connectivity index (χ2v) is 4.44. The molecule has 0 aliphatic heterocycles. The molecule has 1 aromatic rings. The van der Waals surface area contributed by atoms with E-state index in [0.29, 0.717) is 11.1 Å². The van der Waals surface area contributed by atoms with Gasteiger partial charge < -0.3 is 5.11 Å². The summed E-state index contributed by atoms with van der Waals surface area (Å²) in [5.74, 6) is -0.332. The first-order valence-corrected chi connectivity index (χ1v) is 5.70. The fourth-order valence-electron chi connectivity index (χ4n) is 1.52. The van der Waals surface area contributed by atoms with Gasteiger partial charge in [-0.05, 0) is 38.5 Å². The highest BCUT2D eigenvalue weighted by molar-refractivity contribution is 5.79. The van der Waals surface area contributed by atoms with E-state index in [1.54, 1.807) is 31.3 Å². The van der Waals surface area contributed by atoms with Crippen LogP contribution in [-0.4, -0.2) is 10.8 Å². The first kappa shape index (κ1) is 14.3. The topological polar surface area (TPSA) is 32.6 Å². The molecule has 0 saturated heterocycles. The largest absolute Gasteiger partial charge is 0.381 e. The van der Waals surface area contributed by atoms with Gasteiger partial charge in [-0.3, -0.25) is 4.99 Å². The van der Waals surface area contributed by atoms with Gasteiger partial charge in [0.2, 0.25) is 0 Å². The molecule has 0 radical (unpaired) electrons. The molecule has 0 saturated carbocycles. The van der Waals surface area contributed by atoms with Gasteiger partial charge in [0.05, 0.1) is 0 Å². The Hall–Kier alpha value is -1.74. The van der Waals surface area contributed by atoms with Crippen molar-refractivity contribution in [3.63, 3.8) is 0 Å². The van der Waals surface area contributed by atoms with Crippen molar-refractivity contribution >= 4 is 5.71 Å². The third-order valence-corrected chi connectivity index (χ3v) is 2.65. The average molecular weight is 247 g/mol. The van der Waals surface area contributed by atoms with Crippen molar-refractivity contribution in [2.45, 2.75) is 26.4 Å². The van der Waals surface area contributed by atoms with Crippen LogP contribution in [0.25, 0.3) is 0 Å². The highest BCUT2D eigenvalue weighted by Crippen LogP contribution is 2.29. The van der Waals surface area contributed by atoms with E-state index in [0.717, 1.165) is 5.71 Å². The maximum Gasteiger partial charge on any atom is 0.123 e. The van der Waals surface area contributed by atoms with E-state index in [1.807, 2.05) is 13.8 Å². The van der Waals surface area contributed by atoms with Gasteiger partial charge in [-0.2, -0.15) is 0 Å². The maximum absolute atomic E-state index is 12.9. The highest BCUT2D eigenvalue weighted by atomic mass is 19.1. The summed E-state index contributed by atoms with van der Waals surface area (Å²) in [6.45, 7) is 9.04. The van der Waals surface area contributed by atoms with Gasteiger partial charge in [0.25, 0.3) is 0 Å². The van der Waals surface area contributed by atoms with Gasteiger partial charge in [-0.1, -0.05) is 24.8 Å². The molecule has 2 nitrogen and oxygen atoms in total. The standard InChI is InChI=1S/C15H18FNO/c1-5-12(10-17-11(2)3)15(4,18)13-6-8-14(16)9-7-13/h5-10,18H,1H2,2-4H3/b12-10+/t15-/m1/s1. The smallest absolute Gasteiger partial charge is 0.123 e. The molecule has 0 heterocycles. The van der Waals surface area contributed by atoms with Crippen molar-refractivity contribution in [2.75, 3.05) is 0 Å². The molecule has 0 aliphatic carbocycles. The summed E-state index contributed by atoms with van der Waals surface area (Å²) >= 11 is 0. The van der Waals surface area contributed by atoms with Crippen LogP contribution < -0.4 is 0 Å². The van der Waals surface area contributed by atoms with Crippen LogP contribution in [0.4, 0.5) is 4.39 Å². The van der Waals surface area contributed by atoms with Crippen molar-refractivity contribution in [3.8, 4) is 0 Å². The Morgan fingerprint density at radius 1 is 1.33 bits per heavy atom. The van der Waals surface area contributed by atoms with Crippen molar-refractivity contribution in [2.24, 2.45) is 4.99 Å². The van der Waals surface area contributed by atoms with Crippen molar-refractivity contribution < 1.29 is 9.50 Å². The predicted molar refractivity (Wildman–Crippen MR) is 73.0 cm³/mol.